The highest BCUT2D eigenvalue weighted by Crippen LogP contribution is 2.43. The fourth-order valence-corrected chi connectivity index (χ4v) is 7.35. The molecule has 1 aromatic carbocycles. The number of hydrogen-bond donors (Lipinski definition) is 0. The van der Waals surface area contributed by atoms with Crippen molar-refractivity contribution in [3.63, 3.8) is 0 Å². The van der Waals surface area contributed by atoms with Gasteiger partial charge >= 0.3 is 0 Å². The molecule has 0 N–H and O–H groups in total. The number of anilines is 1. The topological polar surface area (TPSA) is 85.3 Å². The van der Waals surface area contributed by atoms with Crippen LogP contribution in [-0.4, -0.2) is 55.5 Å². The summed E-state index contributed by atoms with van der Waals surface area (Å²) in [5.74, 6) is 1.13. The second-order valence-corrected chi connectivity index (χ2v) is 10.4. The number of amides is 1. The number of aliphatic imine (C=N–C) groups is 1. The van der Waals surface area contributed by atoms with Gasteiger partial charge in [-0.3, -0.25) is 4.79 Å². The van der Waals surface area contributed by atoms with Crippen LogP contribution in [-0.2, 0) is 14.6 Å². The molecule has 0 radical (unpaired) electrons. The summed E-state index contributed by atoms with van der Waals surface area (Å²) in [5.41, 5.74) is 0.770. The number of hydrogen-bond acceptors (Lipinski definition) is 6. The van der Waals surface area contributed by atoms with Gasteiger partial charge < -0.3 is 14.4 Å². The van der Waals surface area contributed by atoms with Gasteiger partial charge in [-0.1, -0.05) is 25.6 Å². The standard InChI is InChI=1S/C18H22N2O5S2/c1-3-11(2)17(21)19-18-20(13-9-27(22,23)10-16(13)26-18)12-4-5-14-15(8-12)25-7-6-24-14/h4-5,8,11,13,16H,3,6-7,9-10H2,1-2H3. The smallest absolute Gasteiger partial charge is 0.250 e. The van der Waals surface area contributed by atoms with Crippen molar-refractivity contribution in [2.24, 2.45) is 10.9 Å². The van der Waals surface area contributed by atoms with Crippen LogP contribution in [0, 0.1) is 5.92 Å². The van der Waals surface area contributed by atoms with Crippen LogP contribution in [0.2, 0.25) is 0 Å². The summed E-state index contributed by atoms with van der Waals surface area (Å²) < 4.78 is 35.5. The number of benzene rings is 1. The summed E-state index contributed by atoms with van der Waals surface area (Å²) in [4.78, 5) is 18.6. The number of sulfone groups is 1. The Kier molecular flexibility index (Phi) is 4.84. The predicted octanol–water partition coefficient (Wildman–Crippen LogP) is 2.11. The van der Waals surface area contributed by atoms with Gasteiger partial charge in [0.15, 0.2) is 26.5 Å². The van der Waals surface area contributed by atoms with E-state index in [1.807, 2.05) is 36.9 Å². The average molecular weight is 411 g/mol. The van der Waals surface area contributed by atoms with Crippen molar-refractivity contribution in [1.29, 1.82) is 0 Å². The van der Waals surface area contributed by atoms with Crippen molar-refractivity contribution in [3.05, 3.63) is 18.2 Å². The third-order valence-electron chi connectivity index (χ3n) is 5.11. The van der Waals surface area contributed by atoms with E-state index in [4.69, 9.17) is 9.47 Å². The molecule has 4 rings (SSSR count). The molecule has 0 spiro atoms. The average Bonchev–Trinajstić information content (AvgIpc) is 3.11. The lowest BCUT2D eigenvalue weighted by Crippen LogP contribution is -2.38. The van der Waals surface area contributed by atoms with Crippen LogP contribution >= 0.6 is 11.8 Å². The van der Waals surface area contributed by atoms with E-state index in [-0.39, 0.29) is 34.6 Å². The number of thioether (sulfide) groups is 1. The summed E-state index contributed by atoms with van der Waals surface area (Å²) >= 11 is 1.38. The number of carbonyl (C=O) groups excluding carboxylic acids is 1. The zero-order valence-corrected chi connectivity index (χ0v) is 16.9. The van der Waals surface area contributed by atoms with E-state index in [9.17, 15) is 13.2 Å². The van der Waals surface area contributed by atoms with Crippen molar-refractivity contribution in [2.75, 3.05) is 29.6 Å². The van der Waals surface area contributed by atoms with E-state index in [1.54, 1.807) is 0 Å². The number of ether oxygens (including phenoxy) is 2. The predicted molar refractivity (Wildman–Crippen MR) is 106 cm³/mol. The van der Waals surface area contributed by atoms with E-state index in [0.717, 1.165) is 5.69 Å². The van der Waals surface area contributed by atoms with Crippen molar-refractivity contribution in [3.8, 4) is 11.5 Å². The first kappa shape index (κ1) is 18.6. The highest BCUT2D eigenvalue weighted by atomic mass is 32.2. The van der Waals surface area contributed by atoms with Crippen LogP contribution in [0.1, 0.15) is 20.3 Å². The van der Waals surface area contributed by atoms with Gasteiger partial charge in [-0.2, -0.15) is 4.99 Å². The molecule has 9 heteroatoms. The lowest BCUT2D eigenvalue weighted by molar-refractivity contribution is -0.121. The summed E-state index contributed by atoms with van der Waals surface area (Å²) in [7, 11) is -3.10. The van der Waals surface area contributed by atoms with Crippen LogP contribution < -0.4 is 14.4 Å². The van der Waals surface area contributed by atoms with Crippen molar-refractivity contribution < 1.29 is 22.7 Å². The number of amidine groups is 1. The first-order valence-corrected chi connectivity index (χ1v) is 11.8. The number of rotatable bonds is 3. The summed E-state index contributed by atoms with van der Waals surface area (Å²) in [5, 5.41) is 0.452. The van der Waals surface area contributed by atoms with Crippen molar-refractivity contribution in [2.45, 2.75) is 31.6 Å². The molecule has 27 heavy (non-hydrogen) atoms. The molecule has 3 atom stereocenters. The largest absolute Gasteiger partial charge is 0.486 e. The van der Waals surface area contributed by atoms with Crippen LogP contribution in [0.3, 0.4) is 0 Å². The minimum atomic E-state index is -3.10. The van der Waals surface area contributed by atoms with Gasteiger partial charge in [0.25, 0.3) is 5.91 Å². The fraction of sp³-hybridized carbons (Fsp3) is 0.556. The molecule has 2 saturated heterocycles. The second-order valence-electron chi connectivity index (χ2n) is 7.04. The normalized spacial score (nSPS) is 28.2. The maximum Gasteiger partial charge on any atom is 0.250 e. The van der Waals surface area contributed by atoms with Crippen molar-refractivity contribution >= 4 is 38.4 Å². The second kappa shape index (κ2) is 7.01. The molecule has 7 nitrogen and oxygen atoms in total. The molecule has 0 saturated carbocycles. The fourth-order valence-electron chi connectivity index (χ4n) is 3.43. The van der Waals surface area contributed by atoms with Gasteiger partial charge in [-0.25, -0.2) is 8.42 Å². The molecular weight excluding hydrogens is 388 g/mol. The third kappa shape index (κ3) is 3.54. The molecule has 1 amide bonds. The Labute approximate surface area is 163 Å². The molecule has 3 unspecified atom stereocenters. The summed E-state index contributed by atoms with van der Waals surface area (Å²) in [6, 6.07) is 5.29. The molecule has 1 aromatic rings. The van der Waals surface area contributed by atoms with Crippen LogP contribution in [0.5, 0.6) is 11.5 Å². The van der Waals surface area contributed by atoms with E-state index < -0.39 is 9.84 Å². The zero-order chi connectivity index (χ0) is 19.2. The highest BCUT2D eigenvalue weighted by molar-refractivity contribution is 8.16. The SMILES string of the molecule is CCC(C)C(=O)N=C1SC2CS(=O)(=O)CC2N1c1ccc2c(c1)OCCO2. The van der Waals surface area contributed by atoms with E-state index in [2.05, 4.69) is 4.99 Å². The Morgan fingerprint density at radius 2 is 2.04 bits per heavy atom. The van der Waals surface area contributed by atoms with Gasteiger partial charge in [0, 0.05) is 22.9 Å². The van der Waals surface area contributed by atoms with E-state index in [1.165, 1.54) is 11.8 Å². The third-order valence-corrected chi connectivity index (χ3v) is 8.32. The number of fused-ring (bicyclic) bond motifs is 2. The molecule has 3 aliphatic rings. The van der Waals surface area contributed by atoms with Crippen LogP contribution in [0.15, 0.2) is 23.2 Å². The van der Waals surface area contributed by atoms with Crippen LogP contribution in [0.4, 0.5) is 5.69 Å². The Morgan fingerprint density at radius 1 is 1.30 bits per heavy atom. The Balaban J connectivity index is 1.72. The molecule has 0 bridgehead atoms. The lowest BCUT2D eigenvalue weighted by atomic mass is 10.1. The monoisotopic (exact) mass is 410 g/mol. The quantitative estimate of drug-likeness (QED) is 0.754. The Hall–Kier alpha value is -1.74. The van der Waals surface area contributed by atoms with Gasteiger partial charge in [-0.15, -0.1) is 0 Å². The van der Waals surface area contributed by atoms with Gasteiger partial charge in [0.05, 0.1) is 17.5 Å². The maximum absolute atomic E-state index is 12.4. The Morgan fingerprint density at radius 3 is 2.78 bits per heavy atom. The first-order chi connectivity index (χ1) is 12.9. The Bertz CT molecular complexity index is 899. The zero-order valence-electron chi connectivity index (χ0n) is 15.3. The summed E-state index contributed by atoms with van der Waals surface area (Å²) in [6.07, 6.45) is 0.714. The van der Waals surface area contributed by atoms with E-state index in [0.29, 0.717) is 36.3 Å². The molecule has 3 aliphatic heterocycles. The maximum atomic E-state index is 12.4. The van der Waals surface area contributed by atoms with E-state index >= 15 is 0 Å². The minimum absolute atomic E-state index is 0.0651. The molecule has 0 aliphatic carbocycles. The van der Waals surface area contributed by atoms with Gasteiger partial charge in [0.1, 0.15) is 13.2 Å². The minimum Gasteiger partial charge on any atom is -0.486 e. The summed E-state index contributed by atoms with van der Waals surface area (Å²) in [6.45, 7) is 4.78. The van der Waals surface area contributed by atoms with Gasteiger partial charge in [0.2, 0.25) is 0 Å². The molecule has 146 valence electrons. The van der Waals surface area contributed by atoms with Crippen molar-refractivity contribution in [1.82, 2.24) is 0 Å². The number of carbonyl (C=O) groups is 1. The van der Waals surface area contributed by atoms with Gasteiger partial charge in [-0.05, 0) is 18.6 Å². The lowest BCUT2D eigenvalue weighted by Gasteiger charge is -2.26. The molecule has 2 fully saturated rings. The molecule has 3 heterocycles. The first-order valence-electron chi connectivity index (χ1n) is 9.06. The number of nitrogens with zero attached hydrogens (tertiary/aromatic N) is 2. The molecular formula is C18H22N2O5S2. The highest BCUT2D eigenvalue weighted by Gasteiger charge is 2.49. The molecule has 0 aromatic heterocycles. The van der Waals surface area contributed by atoms with Crippen LogP contribution in [0.25, 0.3) is 0 Å².